The molecule has 5 nitrogen and oxygen atoms in total. The monoisotopic (exact) mass is 426 g/mol. The summed E-state index contributed by atoms with van der Waals surface area (Å²) >= 11 is 10.3. The van der Waals surface area contributed by atoms with Crippen LogP contribution in [0.25, 0.3) is 0 Å². The van der Waals surface area contributed by atoms with Crippen LogP contribution >= 0.6 is 38.9 Å². The fourth-order valence-corrected chi connectivity index (χ4v) is 3.89. The minimum atomic E-state index is -1.20. The lowest BCUT2D eigenvalue weighted by atomic mass is 9.92. The molecule has 1 saturated heterocycles. The van der Waals surface area contributed by atoms with E-state index in [4.69, 9.17) is 11.6 Å². The van der Waals surface area contributed by atoms with Crippen molar-refractivity contribution in [3.05, 3.63) is 55.6 Å². The SMILES string of the molecule is C[C@@]1(c2cccc(Br)c2)NC(=O)N(CC(=O)c2ccc(Cl)s2)C1=O. The van der Waals surface area contributed by atoms with Crippen molar-refractivity contribution in [3.8, 4) is 0 Å². The van der Waals surface area contributed by atoms with Crippen LogP contribution in [0.2, 0.25) is 4.34 Å². The van der Waals surface area contributed by atoms with Crippen molar-refractivity contribution in [2.24, 2.45) is 0 Å². The van der Waals surface area contributed by atoms with E-state index in [1.807, 2.05) is 6.07 Å². The van der Waals surface area contributed by atoms with Gasteiger partial charge in [-0.3, -0.25) is 14.5 Å². The quantitative estimate of drug-likeness (QED) is 0.596. The van der Waals surface area contributed by atoms with Gasteiger partial charge in [-0.1, -0.05) is 39.7 Å². The normalized spacial score (nSPS) is 20.4. The minimum Gasteiger partial charge on any atom is -0.319 e. The molecule has 2 heterocycles. The predicted molar refractivity (Wildman–Crippen MR) is 95.4 cm³/mol. The van der Waals surface area contributed by atoms with Gasteiger partial charge in [0, 0.05) is 4.47 Å². The van der Waals surface area contributed by atoms with E-state index >= 15 is 0 Å². The third-order valence-corrected chi connectivity index (χ3v) is 5.59. The molecule has 2 aromatic rings. The van der Waals surface area contributed by atoms with Gasteiger partial charge in [-0.15, -0.1) is 11.3 Å². The fraction of sp³-hybridized carbons (Fsp3) is 0.188. The van der Waals surface area contributed by atoms with Crippen LogP contribution in [-0.4, -0.2) is 29.2 Å². The molecule has 24 heavy (non-hydrogen) atoms. The van der Waals surface area contributed by atoms with Crippen LogP contribution in [0, 0.1) is 0 Å². The number of halogens is 2. The maximum Gasteiger partial charge on any atom is 0.325 e. The highest BCUT2D eigenvalue weighted by molar-refractivity contribution is 9.10. The second-order valence-corrected chi connectivity index (χ2v) is 8.11. The lowest BCUT2D eigenvalue weighted by Crippen LogP contribution is -2.41. The van der Waals surface area contributed by atoms with E-state index in [-0.39, 0.29) is 12.3 Å². The molecule has 1 aromatic carbocycles. The molecule has 1 N–H and O–H groups in total. The number of imide groups is 1. The Labute approximate surface area is 155 Å². The zero-order valence-electron chi connectivity index (χ0n) is 12.5. The molecule has 1 aliphatic heterocycles. The number of carbonyl (C=O) groups excluding carboxylic acids is 3. The van der Waals surface area contributed by atoms with Crippen LogP contribution in [0.4, 0.5) is 4.79 Å². The third kappa shape index (κ3) is 2.99. The van der Waals surface area contributed by atoms with Crippen LogP contribution in [0.3, 0.4) is 0 Å². The van der Waals surface area contributed by atoms with E-state index in [1.54, 1.807) is 37.3 Å². The number of rotatable bonds is 4. The average molecular weight is 428 g/mol. The number of ketones is 1. The molecule has 124 valence electrons. The van der Waals surface area contributed by atoms with Gasteiger partial charge < -0.3 is 5.32 Å². The molecule has 8 heteroatoms. The number of thiophene rings is 1. The summed E-state index contributed by atoms with van der Waals surface area (Å²) < 4.78 is 1.28. The van der Waals surface area contributed by atoms with E-state index in [1.165, 1.54) is 0 Å². The van der Waals surface area contributed by atoms with E-state index in [2.05, 4.69) is 21.2 Å². The summed E-state index contributed by atoms with van der Waals surface area (Å²) in [5, 5.41) is 2.68. The van der Waals surface area contributed by atoms with Gasteiger partial charge in [-0.05, 0) is 36.8 Å². The van der Waals surface area contributed by atoms with Crippen LogP contribution in [0.15, 0.2) is 40.9 Å². The number of benzene rings is 1. The Balaban J connectivity index is 1.85. The van der Waals surface area contributed by atoms with Crippen LogP contribution in [0.5, 0.6) is 0 Å². The van der Waals surface area contributed by atoms with E-state index in [0.717, 1.165) is 20.7 Å². The molecule has 0 aliphatic carbocycles. The molecule has 3 rings (SSSR count). The minimum absolute atomic E-state index is 0.314. The molecule has 3 amide bonds. The molecular formula is C16H12BrClN2O3S. The number of nitrogens with zero attached hydrogens (tertiary/aromatic N) is 1. The molecule has 0 spiro atoms. The van der Waals surface area contributed by atoms with Crippen LogP contribution in [-0.2, 0) is 10.3 Å². The van der Waals surface area contributed by atoms with Gasteiger partial charge in [0.15, 0.2) is 5.78 Å². The summed E-state index contributed by atoms with van der Waals surface area (Å²) in [5.74, 6) is -0.782. The second kappa shape index (κ2) is 6.31. The first-order valence-electron chi connectivity index (χ1n) is 7.00. The summed E-state index contributed by atoms with van der Waals surface area (Å²) in [6.45, 7) is 1.31. The number of hydrogen-bond donors (Lipinski definition) is 1. The maximum absolute atomic E-state index is 12.8. The highest BCUT2D eigenvalue weighted by Crippen LogP contribution is 2.31. The van der Waals surface area contributed by atoms with Crippen LogP contribution < -0.4 is 5.32 Å². The van der Waals surface area contributed by atoms with E-state index in [9.17, 15) is 14.4 Å². The Bertz CT molecular complexity index is 853. The van der Waals surface area contributed by atoms with Crippen molar-refractivity contribution in [1.29, 1.82) is 0 Å². The van der Waals surface area contributed by atoms with Crippen molar-refractivity contribution in [1.82, 2.24) is 10.2 Å². The summed E-state index contributed by atoms with van der Waals surface area (Å²) in [5.41, 5.74) is -0.557. The van der Waals surface area contributed by atoms with Gasteiger partial charge in [0.1, 0.15) is 5.54 Å². The fourth-order valence-electron chi connectivity index (χ4n) is 2.52. The van der Waals surface area contributed by atoms with Gasteiger partial charge in [-0.25, -0.2) is 4.79 Å². The Morgan fingerprint density at radius 1 is 1.33 bits per heavy atom. The molecule has 0 radical (unpaired) electrons. The van der Waals surface area contributed by atoms with Crippen LogP contribution in [0.1, 0.15) is 22.2 Å². The number of amides is 3. The zero-order valence-corrected chi connectivity index (χ0v) is 15.7. The van der Waals surface area contributed by atoms with Crippen molar-refractivity contribution < 1.29 is 14.4 Å². The molecule has 1 aliphatic rings. The summed E-state index contributed by atoms with van der Waals surface area (Å²) in [4.78, 5) is 38.6. The lowest BCUT2D eigenvalue weighted by molar-refractivity contribution is -0.130. The summed E-state index contributed by atoms with van der Waals surface area (Å²) in [6, 6.07) is 9.74. The largest absolute Gasteiger partial charge is 0.325 e. The third-order valence-electron chi connectivity index (χ3n) is 3.83. The molecular weight excluding hydrogens is 416 g/mol. The van der Waals surface area contributed by atoms with Crippen molar-refractivity contribution in [2.45, 2.75) is 12.5 Å². The Morgan fingerprint density at radius 2 is 2.08 bits per heavy atom. The second-order valence-electron chi connectivity index (χ2n) is 5.48. The molecule has 0 bridgehead atoms. The van der Waals surface area contributed by atoms with Crippen molar-refractivity contribution in [2.75, 3.05) is 6.54 Å². The first-order valence-corrected chi connectivity index (χ1v) is 8.99. The Kier molecular flexibility index (Phi) is 4.50. The molecule has 1 fully saturated rings. The Morgan fingerprint density at radius 3 is 2.71 bits per heavy atom. The lowest BCUT2D eigenvalue weighted by Gasteiger charge is -2.22. The van der Waals surface area contributed by atoms with Gasteiger partial charge in [0.2, 0.25) is 0 Å². The van der Waals surface area contributed by atoms with E-state index < -0.39 is 17.5 Å². The smallest absolute Gasteiger partial charge is 0.319 e. The number of hydrogen-bond acceptors (Lipinski definition) is 4. The standard InChI is InChI=1S/C16H12BrClN2O3S/c1-16(9-3-2-4-10(17)7-9)14(22)20(15(23)19-16)8-11(21)12-5-6-13(18)24-12/h2-7H,8H2,1H3,(H,19,23)/t16-/m0/s1. The van der Waals surface area contributed by atoms with Gasteiger partial charge >= 0.3 is 6.03 Å². The maximum atomic E-state index is 12.8. The highest BCUT2D eigenvalue weighted by Gasteiger charge is 2.49. The number of carbonyl (C=O) groups is 3. The molecule has 1 atom stereocenters. The number of nitrogens with one attached hydrogen (secondary N) is 1. The summed E-state index contributed by atoms with van der Waals surface area (Å²) in [6.07, 6.45) is 0. The van der Waals surface area contributed by atoms with Gasteiger partial charge in [0.25, 0.3) is 5.91 Å². The molecule has 1 aromatic heterocycles. The first-order chi connectivity index (χ1) is 11.3. The average Bonchev–Trinajstić information content (AvgIpc) is 3.05. The van der Waals surface area contributed by atoms with Crippen molar-refractivity contribution in [3.63, 3.8) is 0 Å². The highest BCUT2D eigenvalue weighted by atomic mass is 79.9. The van der Waals surface area contributed by atoms with Gasteiger partial charge in [-0.2, -0.15) is 0 Å². The zero-order chi connectivity index (χ0) is 17.5. The van der Waals surface area contributed by atoms with Gasteiger partial charge in [0.05, 0.1) is 15.8 Å². The molecule has 0 saturated carbocycles. The Hall–Kier alpha value is -1.70. The molecule has 0 unspecified atom stereocenters. The first kappa shape index (κ1) is 17.1. The van der Waals surface area contributed by atoms with Crippen molar-refractivity contribution >= 4 is 56.6 Å². The van der Waals surface area contributed by atoms with E-state index in [0.29, 0.717) is 14.8 Å². The number of Topliss-reactive ketones (excluding diaryl/α,β-unsaturated/α-hetero) is 1. The summed E-state index contributed by atoms with van der Waals surface area (Å²) in [7, 11) is 0. The predicted octanol–water partition coefficient (Wildman–Crippen LogP) is 3.81. The topological polar surface area (TPSA) is 66.5 Å². The number of urea groups is 1.